The number of hydrogen-bond donors (Lipinski definition) is 1. The van der Waals surface area contributed by atoms with Crippen molar-refractivity contribution in [2.75, 3.05) is 45.9 Å². The van der Waals surface area contributed by atoms with E-state index in [2.05, 4.69) is 10.4 Å². The molecule has 1 aromatic rings. The van der Waals surface area contributed by atoms with Crippen LogP contribution in [0.3, 0.4) is 0 Å². The summed E-state index contributed by atoms with van der Waals surface area (Å²) in [5.74, 6) is 0.828. The zero-order chi connectivity index (χ0) is 11.6. The zero-order valence-electron chi connectivity index (χ0n) is 9.85. The van der Waals surface area contributed by atoms with Crippen molar-refractivity contribution in [2.45, 2.75) is 0 Å². The Bertz CT molecular complexity index is 261. The maximum atomic E-state index is 5.05. The maximum Gasteiger partial charge on any atom is 0.140 e. The highest BCUT2D eigenvalue weighted by atomic mass is 16.5. The molecule has 1 heterocycles. The molecule has 1 aromatic heterocycles. The van der Waals surface area contributed by atoms with Gasteiger partial charge >= 0.3 is 0 Å². The number of methoxy groups -OCH3 is 2. The van der Waals surface area contributed by atoms with Gasteiger partial charge in [0.05, 0.1) is 13.2 Å². The smallest absolute Gasteiger partial charge is 0.140 e. The van der Waals surface area contributed by atoms with Gasteiger partial charge in [0.1, 0.15) is 5.82 Å². The molecule has 0 atom stereocenters. The van der Waals surface area contributed by atoms with Crippen molar-refractivity contribution < 1.29 is 9.47 Å². The molecule has 0 saturated carbocycles. The lowest BCUT2D eigenvalue weighted by molar-refractivity contribution is 0.127. The SMILES string of the molecule is COCCN(CCOC)Nc1ccccn1. The van der Waals surface area contributed by atoms with E-state index >= 15 is 0 Å². The lowest BCUT2D eigenvalue weighted by Crippen LogP contribution is -2.36. The lowest BCUT2D eigenvalue weighted by atomic mass is 10.5. The normalized spacial score (nSPS) is 10.7. The largest absolute Gasteiger partial charge is 0.383 e. The second-order valence-electron chi connectivity index (χ2n) is 3.30. The highest BCUT2D eigenvalue weighted by Gasteiger charge is 2.04. The van der Waals surface area contributed by atoms with Crippen LogP contribution in [0.25, 0.3) is 0 Å². The topological polar surface area (TPSA) is 46.6 Å². The molecule has 5 heteroatoms. The van der Waals surface area contributed by atoms with Crippen molar-refractivity contribution in [2.24, 2.45) is 0 Å². The van der Waals surface area contributed by atoms with Gasteiger partial charge in [0.2, 0.25) is 0 Å². The second kappa shape index (κ2) is 8.04. The summed E-state index contributed by atoms with van der Waals surface area (Å²) in [6, 6.07) is 5.76. The lowest BCUT2D eigenvalue weighted by Gasteiger charge is -2.22. The third-order valence-corrected chi connectivity index (χ3v) is 2.07. The van der Waals surface area contributed by atoms with E-state index in [1.54, 1.807) is 20.4 Å². The standard InChI is InChI=1S/C11H19N3O2/c1-15-9-7-14(8-10-16-2)13-11-5-3-4-6-12-11/h3-6H,7-10H2,1-2H3,(H,12,13). The zero-order valence-corrected chi connectivity index (χ0v) is 9.85. The van der Waals surface area contributed by atoms with Crippen LogP contribution in [0.2, 0.25) is 0 Å². The Hall–Kier alpha value is -1.17. The van der Waals surface area contributed by atoms with Gasteiger partial charge in [0.25, 0.3) is 0 Å². The first-order valence-electron chi connectivity index (χ1n) is 5.27. The Kier molecular flexibility index (Phi) is 6.48. The van der Waals surface area contributed by atoms with Gasteiger partial charge in [0, 0.05) is 33.5 Å². The minimum Gasteiger partial charge on any atom is -0.383 e. The Morgan fingerprint density at radius 2 is 1.88 bits per heavy atom. The van der Waals surface area contributed by atoms with E-state index in [1.165, 1.54) is 0 Å². The van der Waals surface area contributed by atoms with E-state index in [9.17, 15) is 0 Å². The number of nitrogens with zero attached hydrogens (tertiary/aromatic N) is 2. The summed E-state index contributed by atoms with van der Waals surface area (Å²) in [7, 11) is 3.38. The molecule has 0 spiro atoms. The minimum atomic E-state index is 0.670. The number of anilines is 1. The average molecular weight is 225 g/mol. The summed E-state index contributed by atoms with van der Waals surface area (Å²) >= 11 is 0. The van der Waals surface area contributed by atoms with Crippen molar-refractivity contribution in [3.05, 3.63) is 24.4 Å². The fourth-order valence-corrected chi connectivity index (χ4v) is 1.22. The molecule has 0 amide bonds. The van der Waals surface area contributed by atoms with Gasteiger partial charge in [-0.05, 0) is 12.1 Å². The molecular weight excluding hydrogens is 206 g/mol. The van der Waals surface area contributed by atoms with Crippen LogP contribution in [0.4, 0.5) is 5.82 Å². The van der Waals surface area contributed by atoms with E-state index < -0.39 is 0 Å². The quantitative estimate of drug-likeness (QED) is 0.669. The molecule has 1 N–H and O–H groups in total. The van der Waals surface area contributed by atoms with Crippen LogP contribution < -0.4 is 5.43 Å². The first kappa shape index (κ1) is 12.9. The molecular formula is C11H19N3O2. The summed E-state index contributed by atoms with van der Waals surface area (Å²) in [4.78, 5) is 4.20. The molecule has 0 bridgehead atoms. The highest BCUT2D eigenvalue weighted by Crippen LogP contribution is 2.01. The number of ether oxygens (including phenoxy) is 2. The molecule has 0 unspecified atom stereocenters. The highest BCUT2D eigenvalue weighted by molar-refractivity contribution is 5.31. The van der Waals surface area contributed by atoms with Crippen molar-refractivity contribution in [1.82, 2.24) is 9.99 Å². The second-order valence-corrected chi connectivity index (χ2v) is 3.30. The van der Waals surface area contributed by atoms with Gasteiger partial charge < -0.3 is 14.9 Å². The van der Waals surface area contributed by atoms with E-state index in [4.69, 9.17) is 9.47 Å². The van der Waals surface area contributed by atoms with E-state index in [0.717, 1.165) is 18.9 Å². The first-order valence-corrected chi connectivity index (χ1v) is 5.27. The Balaban J connectivity index is 2.42. The van der Waals surface area contributed by atoms with Gasteiger partial charge in [-0.1, -0.05) is 6.07 Å². The van der Waals surface area contributed by atoms with Crippen LogP contribution in [0.5, 0.6) is 0 Å². The summed E-state index contributed by atoms with van der Waals surface area (Å²) in [5.41, 5.74) is 3.21. The van der Waals surface area contributed by atoms with Crippen LogP contribution in [0.1, 0.15) is 0 Å². The van der Waals surface area contributed by atoms with Crippen LogP contribution in [0.15, 0.2) is 24.4 Å². The van der Waals surface area contributed by atoms with Crippen LogP contribution in [0, 0.1) is 0 Å². The van der Waals surface area contributed by atoms with Gasteiger partial charge in [-0.15, -0.1) is 0 Å². The molecule has 0 fully saturated rings. The number of pyridine rings is 1. The molecule has 0 aliphatic heterocycles. The molecule has 1 rings (SSSR count). The van der Waals surface area contributed by atoms with Gasteiger partial charge in [-0.3, -0.25) is 0 Å². The third kappa shape index (κ3) is 5.06. The maximum absolute atomic E-state index is 5.05. The molecule has 0 aromatic carbocycles. The molecule has 0 radical (unpaired) electrons. The fourth-order valence-electron chi connectivity index (χ4n) is 1.22. The van der Waals surface area contributed by atoms with E-state index in [1.807, 2.05) is 23.2 Å². The van der Waals surface area contributed by atoms with E-state index in [0.29, 0.717) is 13.2 Å². The van der Waals surface area contributed by atoms with Gasteiger partial charge in [0.15, 0.2) is 0 Å². The number of nitrogens with one attached hydrogen (secondary N) is 1. The van der Waals surface area contributed by atoms with Crippen LogP contribution >= 0.6 is 0 Å². The molecule has 16 heavy (non-hydrogen) atoms. The Labute approximate surface area is 96.3 Å². The Morgan fingerprint density at radius 1 is 1.19 bits per heavy atom. The summed E-state index contributed by atoms with van der Waals surface area (Å²) in [6.45, 7) is 2.92. The van der Waals surface area contributed by atoms with Crippen molar-refractivity contribution in [1.29, 1.82) is 0 Å². The predicted molar refractivity (Wildman–Crippen MR) is 63.2 cm³/mol. The number of hydrazine groups is 1. The predicted octanol–water partition coefficient (Wildman–Crippen LogP) is 1.00. The minimum absolute atomic E-state index is 0.670. The van der Waals surface area contributed by atoms with E-state index in [-0.39, 0.29) is 0 Å². The van der Waals surface area contributed by atoms with Crippen LogP contribution in [-0.4, -0.2) is 50.5 Å². The summed E-state index contributed by atoms with van der Waals surface area (Å²) < 4.78 is 10.1. The molecule has 0 aliphatic carbocycles. The number of hydrogen-bond acceptors (Lipinski definition) is 5. The summed E-state index contributed by atoms with van der Waals surface area (Å²) in [5, 5.41) is 2.02. The number of rotatable bonds is 8. The Morgan fingerprint density at radius 3 is 2.38 bits per heavy atom. The first-order chi connectivity index (χ1) is 7.86. The monoisotopic (exact) mass is 225 g/mol. The fraction of sp³-hybridized carbons (Fsp3) is 0.545. The molecule has 90 valence electrons. The average Bonchev–Trinajstić information content (AvgIpc) is 2.34. The van der Waals surface area contributed by atoms with Crippen molar-refractivity contribution in [3.8, 4) is 0 Å². The number of aromatic nitrogens is 1. The van der Waals surface area contributed by atoms with Crippen LogP contribution in [-0.2, 0) is 9.47 Å². The van der Waals surface area contributed by atoms with Crippen molar-refractivity contribution >= 4 is 5.82 Å². The molecule has 5 nitrogen and oxygen atoms in total. The van der Waals surface area contributed by atoms with Crippen molar-refractivity contribution in [3.63, 3.8) is 0 Å². The third-order valence-electron chi connectivity index (χ3n) is 2.07. The summed E-state index contributed by atoms with van der Waals surface area (Å²) in [6.07, 6.45) is 1.76. The molecule has 0 saturated heterocycles. The molecule has 0 aliphatic rings. The van der Waals surface area contributed by atoms with Gasteiger partial charge in [-0.25, -0.2) is 9.99 Å². The van der Waals surface area contributed by atoms with Gasteiger partial charge in [-0.2, -0.15) is 0 Å².